The van der Waals surface area contributed by atoms with Crippen molar-refractivity contribution in [3.8, 4) is 11.1 Å². The van der Waals surface area contributed by atoms with Crippen molar-refractivity contribution in [3.63, 3.8) is 0 Å². The highest BCUT2D eigenvalue weighted by atomic mass is 16.4. The van der Waals surface area contributed by atoms with Crippen LogP contribution in [0.2, 0.25) is 0 Å². The summed E-state index contributed by atoms with van der Waals surface area (Å²) in [7, 11) is 0. The maximum atomic E-state index is 11.3. The zero-order valence-electron chi connectivity index (χ0n) is 13.3. The number of rotatable bonds is 7. The van der Waals surface area contributed by atoms with Gasteiger partial charge < -0.3 is 5.11 Å². The highest BCUT2D eigenvalue weighted by Crippen LogP contribution is 2.22. The number of carboxylic acids is 1. The molecule has 0 fully saturated rings. The van der Waals surface area contributed by atoms with Crippen molar-refractivity contribution in [1.82, 2.24) is 0 Å². The minimum Gasteiger partial charge on any atom is -0.481 e. The van der Waals surface area contributed by atoms with E-state index >= 15 is 0 Å². The average molecular weight is 296 g/mol. The Kier molecular flexibility index (Phi) is 5.76. The van der Waals surface area contributed by atoms with Gasteiger partial charge in [-0.25, -0.2) is 0 Å². The third kappa shape index (κ3) is 4.73. The molecule has 2 aromatic carbocycles. The minimum atomic E-state index is -0.672. The second-order valence-electron chi connectivity index (χ2n) is 6.27. The van der Waals surface area contributed by atoms with Gasteiger partial charge in [0.25, 0.3) is 0 Å². The van der Waals surface area contributed by atoms with Gasteiger partial charge in [-0.05, 0) is 41.9 Å². The first-order chi connectivity index (χ1) is 10.6. The molecule has 1 N–H and O–H groups in total. The van der Waals surface area contributed by atoms with Crippen molar-refractivity contribution in [2.45, 2.75) is 33.1 Å². The Morgan fingerprint density at radius 1 is 0.955 bits per heavy atom. The van der Waals surface area contributed by atoms with Gasteiger partial charge in [-0.3, -0.25) is 4.79 Å². The molecular weight excluding hydrogens is 272 g/mol. The van der Waals surface area contributed by atoms with Gasteiger partial charge in [0, 0.05) is 0 Å². The third-order valence-electron chi connectivity index (χ3n) is 3.95. The van der Waals surface area contributed by atoms with Crippen LogP contribution in [-0.4, -0.2) is 11.1 Å². The molecule has 0 aliphatic heterocycles. The fourth-order valence-corrected chi connectivity index (χ4v) is 2.75. The molecular formula is C20H24O2. The molecule has 22 heavy (non-hydrogen) atoms. The van der Waals surface area contributed by atoms with Crippen LogP contribution < -0.4 is 0 Å². The fraction of sp³-hybridized carbons (Fsp3) is 0.350. The zero-order valence-corrected chi connectivity index (χ0v) is 13.3. The molecule has 2 rings (SSSR count). The normalized spacial score (nSPS) is 12.3. The molecule has 0 saturated heterocycles. The van der Waals surface area contributed by atoms with Gasteiger partial charge in [0.1, 0.15) is 0 Å². The van der Waals surface area contributed by atoms with E-state index in [0.29, 0.717) is 12.3 Å². The summed E-state index contributed by atoms with van der Waals surface area (Å²) in [6, 6.07) is 18.7. The van der Waals surface area contributed by atoms with Gasteiger partial charge >= 0.3 is 5.97 Å². The molecule has 0 bridgehead atoms. The quantitative estimate of drug-likeness (QED) is 0.777. The smallest absolute Gasteiger partial charge is 0.306 e. The second-order valence-corrected chi connectivity index (χ2v) is 6.27. The number of hydrogen-bond donors (Lipinski definition) is 1. The fourth-order valence-electron chi connectivity index (χ4n) is 2.75. The summed E-state index contributed by atoms with van der Waals surface area (Å²) in [6.45, 7) is 4.15. The second kappa shape index (κ2) is 7.79. The summed E-state index contributed by atoms with van der Waals surface area (Å²) < 4.78 is 0. The maximum absolute atomic E-state index is 11.3. The molecule has 1 unspecified atom stereocenters. The van der Waals surface area contributed by atoms with Crippen LogP contribution in [0.1, 0.15) is 32.3 Å². The molecule has 0 amide bonds. The minimum absolute atomic E-state index is 0.242. The van der Waals surface area contributed by atoms with Gasteiger partial charge in [-0.1, -0.05) is 68.4 Å². The lowest BCUT2D eigenvalue weighted by atomic mass is 9.91. The maximum Gasteiger partial charge on any atom is 0.306 e. The van der Waals surface area contributed by atoms with Crippen molar-refractivity contribution >= 4 is 5.97 Å². The predicted octanol–water partition coefficient (Wildman–Crippen LogP) is 5.03. The SMILES string of the molecule is CC(C)CC(CCc1ccc(-c2ccccc2)cc1)C(=O)O. The summed E-state index contributed by atoms with van der Waals surface area (Å²) >= 11 is 0. The van der Waals surface area contributed by atoms with E-state index in [-0.39, 0.29) is 5.92 Å². The van der Waals surface area contributed by atoms with Gasteiger partial charge in [-0.2, -0.15) is 0 Å². The van der Waals surface area contributed by atoms with Crippen molar-refractivity contribution in [3.05, 3.63) is 60.2 Å². The Bertz CT molecular complexity index is 585. The van der Waals surface area contributed by atoms with Crippen LogP contribution in [0.4, 0.5) is 0 Å². The number of hydrogen-bond acceptors (Lipinski definition) is 1. The standard InChI is InChI=1S/C20H24O2/c1-15(2)14-19(20(21)22)13-10-16-8-11-18(12-9-16)17-6-4-3-5-7-17/h3-9,11-12,15,19H,10,13-14H2,1-2H3,(H,21,22). The lowest BCUT2D eigenvalue weighted by Crippen LogP contribution is -2.16. The first kappa shape index (κ1) is 16.3. The Morgan fingerprint density at radius 2 is 1.55 bits per heavy atom. The molecule has 1 atom stereocenters. The Morgan fingerprint density at radius 3 is 2.09 bits per heavy atom. The molecule has 2 aromatic rings. The van der Waals surface area contributed by atoms with Gasteiger partial charge in [0.05, 0.1) is 5.92 Å². The molecule has 0 heterocycles. The van der Waals surface area contributed by atoms with E-state index in [1.807, 2.05) is 18.2 Å². The molecule has 2 nitrogen and oxygen atoms in total. The van der Waals surface area contributed by atoms with Crippen molar-refractivity contribution in [2.75, 3.05) is 0 Å². The number of aliphatic carboxylic acids is 1. The predicted molar refractivity (Wildman–Crippen MR) is 90.8 cm³/mol. The van der Waals surface area contributed by atoms with E-state index in [4.69, 9.17) is 0 Å². The average Bonchev–Trinajstić information content (AvgIpc) is 2.52. The Hall–Kier alpha value is -2.09. The van der Waals surface area contributed by atoms with Crippen LogP contribution in [0, 0.1) is 11.8 Å². The van der Waals surface area contributed by atoms with Gasteiger partial charge in [0.2, 0.25) is 0 Å². The van der Waals surface area contributed by atoms with Crippen LogP contribution in [-0.2, 0) is 11.2 Å². The lowest BCUT2D eigenvalue weighted by molar-refractivity contribution is -0.142. The third-order valence-corrected chi connectivity index (χ3v) is 3.95. The number of benzene rings is 2. The van der Waals surface area contributed by atoms with Crippen LogP contribution in [0.25, 0.3) is 11.1 Å². The molecule has 116 valence electrons. The summed E-state index contributed by atoms with van der Waals surface area (Å²) in [5, 5.41) is 9.29. The zero-order chi connectivity index (χ0) is 15.9. The van der Waals surface area contributed by atoms with E-state index in [1.165, 1.54) is 16.7 Å². The van der Waals surface area contributed by atoms with Crippen LogP contribution in [0.5, 0.6) is 0 Å². The summed E-state index contributed by atoms with van der Waals surface area (Å²) in [6.07, 6.45) is 2.27. The Labute approximate surface area is 132 Å². The van der Waals surface area contributed by atoms with Crippen LogP contribution >= 0.6 is 0 Å². The molecule has 0 aliphatic rings. The van der Waals surface area contributed by atoms with E-state index < -0.39 is 5.97 Å². The largest absolute Gasteiger partial charge is 0.481 e. The van der Waals surface area contributed by atoms with E-state index in [9.17, 15) is 9.90 Å². The Balaban J connectivity index is 1.98. The molecule has 0 aliphatic carbocycles. The molecule has 0 aromatic heterocycles. The summed E-state index contributed by atoms with van der Waals surface area (Å²) in [5.74, 6) is -0.495. The highest BCUT2D eigenvalue weighted by Gasteiger charge is 2.18. The van der Waals surface area contributed by atoms with Crippen LogP contribution in [0.15, 0.2) is 54.6 Å². The first-order valence-corrected chi connectivity index (χ1v) is 7.93. The van der Waals surface area contributed by atoms with Crippen molar-refractivity contribution < 1.29 is 9.90 Å². The first-order valence-electron chi connectivity index (χ1n) is 7.93. The number of carboxylic acid groups (broad SMARTS) is 1. The molecule has 0 saturated carbocycles. The van der Waals surface area contributed by atoms with Crippen molar-refractivity contribution in [1.29, 1.82) is 0 Å². The van der Waals surface area contributed by atoms with Crippen molar-refractivity contribution in [2.24, 2.45) is 11.8 Å². The van der Waals surface area contributed by atoms with E-state index in [2.05, 4.69) is 50.2 Å². The molecule has 0 radical (unpaired) electrons. The summed E-state index contributed by atoms with van der Waals surface area (Å²) in [5.41, 5.74) is 3.60. The molecule has 0 spiro atoms. The number of aryl methyl sites for hydroxylation is 1. The summed E-state index contributed by atoms with van der Waals surface area (Å²) in [4.78, 5) is 11.3. The monoisotopic (exact) mass is 296 g/mol. The lowest BCUT2D eigenvalue weighted by Gasteiger charge is -2.14. The van der Waals surface area contributed by atoms with E-state index in [0.717, 1.165) is 12.8 Å². The van der Waals surface area contributed by atoms with Crippen LogP contribution in [0.3, 0.4) is 0 Å². The highest BCUT2D eigenvalue weighted by molar-refractivity contribution is 5.70. The number of carbonyl (C=O) groups is 1. The topological polar surface area (TPSA) is 37.3 Å². The molecule has 2 heteroatoms. The van der Waals surface area contributed by atoms with Gasteiger partial charge in [-0.15, -0.1) is 0 Å². The van der Waals surface area contributed by atoms with E-state index in [1.54, 1.807) is 0 Å². The van der Waals surface area contributed by atoms with Gasteiger partial charge in [0.15, 0.2) is 0 Å².